The molecule has 0 aromatic heterocycles. The number of rotatable bonds is 6. The summed E-state index contributed by atoms with van der Waals surface area (Å²) in [5, 5.41) is 0. The highest BCUT2D eigenvalue weighted by Gasteiger charge is 2.33. The molecule has 1 aliphatic rings. The molecular formula is C21H23NO3. The summed E-state index contributed by atoms with van der Waals surface area (Å²) in [5.41, 5.74) is 1.90. The Hall–Kier alpha value is -2.62. The lowest BCUT2D eigenvalue weighted by atomic mass is 9.92. The number of benzene rings is 2. The zero-order chi connectivity index (χ0) is 17.6. The maximum Gasteiger partial charge on any atom is 0.313 e. The molecule has 4 heteroatoms. The van der Waals surface area contributed by atoms with Crippen molar-refractivity contribution in [1.29, 1.82) is 0 Å². The van der Waals surface area contributed by atoms with Gasteiger partial charge in [0.1, 0.15) is 0 Å². The molecule has 1 fully saturated rings. The molecule has 1 aliphatic heterocycles. The van der Waals surface area contributed by atoms with Gasteiger partial charge < -0.3 is 9.64 Å². The van der Waals surface area contributed by atoms with E-state index >= 15 is 0 Å². The summed E-state index contributed by atoms with van der Waals surface area (Å²) >= 11 is 0. The number of nitrogens with zero attached hydrogens (tertiary/aromatic N) is 1. The summed E-state index contributed by atoms with van der Waals surface area (Å²) in [6.07, 6.45) is 2.83. The van der Waals surface area contributed by atoms with Crippen molar-refractivity contribution in [2.45, 2.75) is 37.6 Å². The van der Waals surface area contributed by atoms with Crippen LogP contribution in [0.15, 0.2) is 60.7 Å². The second-order valence-electron chi connectivity index (χ2n) is 6.36. The number of carbonyl (C=O) groups excluding carboxylic acids is 2. The molecule has 4 nitrogen and oxygen atoms in total. The van der Waals surface area contributed by atoms with Crippen molar-refractivity contribution in [1.82, 2.24) is 0 Å². The number of anilines is 1. The van der Waals surface area contributed by atoms with Gasteiger partial charge in [-0.05, 0) is 37.0 Å². The second-order valence-corrected chi connectivity index (χ2v) is 6.36. The van der Waals surface area contributed by atoms with Crippen LogP contribution in [0.5, 0.6) is 0 Å². The first-order valence-corrected chi connectivity index (χ1v) is 8.70. The van der Waals surface area contributed by atoms with Crippen LogP contribution >= 0.6 is 0 Å². The van der Waals surface area contributed by atoms with Gasteiger partial charge in [0, 0.05) is 18.2 Å². The van der Waals surface area contributed by atoms with Crippen molar-refractivity contribution >= 4 is 17.6 Å². The molecule has 3 rings (SSSR count). The molecular weight excluding hydrogens is 314 g/mol. The van der Waals surface area contributed by atoms with Crippen molar-refractivity contribution in [2.24, 2.45) is 0 Å². The number of amides is 1. The Labute approximate surface area is 148 Å². The van der Waals surface area contributed by atoms with Crippen LogP contribution < -0.4 is 4.90 Å². The van der Waals surface area contributed by atoms with Crippen LogP contribution in [0, 0.1) is 0 Å². The van der Waals surface area contributed by atoms with Crippen LogP contribution in [0.4, 0.5) is 5.69 Å². The molecule has 2 atom stereocenters. The van der Waals surface area contributed by atoms with Crippen LogP contribution in [0.2, 0.25) is 0 Å². The number of para-hydroxylation sites is 1. The normalized spacial score (nSPS) is 18.2. The van der Waals surface area contributed by atoms with Gasteiger partial charge >= 0.3 is 5.97 Å². The van der Waals surface area contributed by atoms with E-state index < -0.39 is 0 Å². The van der Waals surface area contributed by atoms with Crippen molar-refractivity contribution in [2.75, 3.05) is 12.0 Å². The fourth-order valence-corrected chi connectivity index (χ4v) is 3.57. The van der Waals surface area contributed by atoms with E-state index in [1.165, 1.54) is 7.11 Å². The zero-order valence-electron chi connectivity index (χ0n) is 14.4. The topological polar surface area (TPSA) is 46.6 Å². The lowest BCUT2D eigenvalue weighted by Crippen LogP contribution is -2.33. The van der Waals surface area contributed by atoms with Crippen LogP contribution in [-0.4, -0.2) is 25.0 Å². The first kappa shape index (κ1) is 17.2. The molecule has 2 unspecified atom stereocenters. The fourth-order valence-electron chi connectivity index (χ4n) is 3.57. The van der Waals surface area contributed by atoms with E-state index in [1.807, 2.05) is 65.6 Å². The number of ether oxygens (including phenoxy) is 1. The lowest BCUT2D eigenvalue weighted by molar-refractivity contribution is -0.142. The third-order valence-electron chi connectivity index (χ3n) is 4.84. The summed E-state index contributed by atoms with van der Waals surface area (Å²) in [7, 11) is 1.42. The molecule has 0 bridgehead atoms. The van der Waals surface area contributed by atoms with Gasteiger partial charge in [-0.25, -0.2) is 0 Å². The highest BCUT2D eigenvalue weighted by Crippen LogP contribution is 2.32. The summed E-state index contributed by atoms with van der Waals surface area (Å²) in [6.45, 7) is 0. The molecule has 0 spiro atoms. The van der Waals surface area contributed by atoms with Gasteiger partial charge in [0.25, 0.3) is 0 Å². The number of methoxy groups -OCH3 is 1. The first-order chi connectivity index (χ1) is 12.2. The SMILES string of the molecule is COC(=O)C(CCC1CCC(=O)N1c1ccccc1)c1ccccc1. The Morgan fingerprint density at radius 1 is 1.12 bits per heavy atom. The maximum absolute atomic E-state index is 12.3. The fraction of sp³-hybridized carbons (Fsp3) is 0.333. The van der Waals surface area contributed by atoms with E-state index in [9.17, 15) is 9.59 Å². The molecule has 1 heterocycles. The molecule has 2 aromatic carbocycles. The molecule has 25 heavy (non-hydrogen) atoms. The zero-order valence-corrected chi connectivity index (χ0v) is 14.4. The van der Waals surface area contributed by atoms with E-state index in [1.54, 1.807) is 0 Å². The van der Waals surface area contributed by atoms with Gasteiger partial charge in [-0.3, -0.25) is 9.59 Å². The average molecular weight is 337 g/mol. The van der Waals surface area contributed by atoms with E-state index in [0.29, 0.717) is 12.8 Å². The van der Waals surface area contributed by atoms with E-state index in [0.717, 1.165) is 24.1 Å². The number of hydrogen-bond acceptors (Lipinski definition) is 3. The standard InChI is InChI=1S/C21H23NO3/c1-25-21(24)19(16-8-4-2-5-9-16)14-12-18-13-15-20(23)22(18)17-10-6-3-7-11-17/h2-11,18-19H,12-15H2,1H3. The maximum atomic E-state index is 12.3. The molecule has 0 aliphatic carbocycles. The summed E-state index contributed by atoms with van der Waals surface area (Å²) in [4.78, 5) is 26.4. The van der Waals surface area contributed by atoms with Gasteiger partial charge in [0.15, 0.2) is 0 Å². The van der Waals surface area contributed by atoms with E-state index in [4.69, 9.17) is 4.74 Å². The smallest absolute Gasteiger partial charge is 0.313 e. The van der Waals surface area contributed by atoms with E-state index in [2.05, 4.69) is 0 Å². The highest BCUT2D eigenvalue weighted by atomic mass is 16.5. The van der Waals surface area contributed by atoms with Crippen LogP contribution in [0.1, 0.15) is 37.2 Å². The summed E-state index contributed by atoms with van der Waals surface area (Å²) < 4.78 is 5.00. The molecule has 2 aromatic rings. The molecule has 1 saturated heterocycles. The van der Waals surface area contributed by atoms with Crippen molar-refractivity contribution in [3.05, 3.63) is 66.2 Å². The Kier molecular flexibility index (Phi) is 5.49. The number of carbonyl (C=O) groups is 2. The average Bonchev–Trinajstić information content (AvgIpc) is 3.03. The monoisotopic (exact) mass is 337 g/mol. The third kappa shape index (κ3) is 3.90. The quantitative estimate of drug-likeness (QED) is 0.751. The minimum atomic E-state index is -0.292. The van der Waals surface area contributed by atoms with Gasteiger partial charge in [-0.1, -0.05) is 48.5 Å². The lowest BCUT2D eigenvalue weighted by Gasteiger charge is -2.26. The summed E-state index contributed by atoms with van der Waals surface area (Å²) in [5.74, 6) is -0.355. The Bertz CT molecular complexity index is 714. The molecule has 1 amide bonds. The number of esters is 1. The van der Waals surface area contributed by atoms with Gasteiger partial charge in [0.05, 0.1) is 13.0 Å². The molecule has 0 saturated carbocycles. The molecule has 0 N–H and O–H groups in total. The largest absolute Gasteiger partial charge is 0.469 e. The third-order valence-corrected chi connectivity index (χ3v) is 4.84. The highest BCUT2D eigenvalue weighted by molar-refractivity contribution is 5.96. The van der Waals surface area contributed by atoms with Gasteiger partial charge in [-0.2, -0.15) is 0 Å². The Morgan fingerprint density at radius 2 is 1.76 bits per heavy atom. The van der Waals surface area contributed by atoms with Crippen molar-refractivity contribution in [3.8, 4) is 0 Å². The minimum Gasteiger partial charge on any atom is -0.469 e. The van der Waals surface area contributed by atoms with Crippen LogP contribution in [0.3, 0.4) is 0 Å². The van der Waals surface area contributed by atoms with Crippen molar-refractivity contribution in [3.63, 3.8) is 0 Å². The Morgan fingerprint density at radius 3 is 2.40 bits per heavy atom. The molecule has 0 radical (unpaired) electrons. The minimum absolute atomic E-state index is 0.130. The van der Waals surface area contributed by atoms with Gasteiger partial charge in [0.2, 0.25) is 5.91 Å². The van der Waals surface area contributed by atoms with Crippen LogP contribution in [0.25, 0.3) is 0 Å². The predicted octanol–water partition coefficient (Wildman–Crippen LogP) is 3.92. The van der Waals surface area contributed by atoms with Crippen LogP contribution in [-0.2, 0) is 14.3 Å². The summed E-state index contributed by atoms with van der Waals surface area (Å²) in [6, 6.07) is 19.6. The second kappa shape index (κ2) is 7.97. The Balaban J connectivity index is 1.74. The number of hydrogen-bond donors (Lipinski definition) is 0. The van der Waals surface area contributed by atoms with E-state index in [-0.39, 0.29) is 23.8 Å². The molecule has 130 valence electrons. The predicted molar refractivity (Wildman–Crippen MR) is 97.4 cm³/mol. The first-order valence-electron chi connectivity index (χ1n) is 8.70. The van der Waals surface area contributed by atoms with Gasteiger partial charge in [-0.15, -0.1) is 0 Å². The van der Waals surface area contributed by atoms with Crippen molar-refractivity contribution < 1.29 is 14.3 Å².